The van der Waals surface area contributed by atoms with Crippen LogP contribution in [-0.4, -0.2) is 77.6 Å². The number of ether oxygens (including phenoxy) is 4. The van der Waals surface area contributed by atoms with Gasteiger partial charge in [-0.3, -0.25) is 19.6 Å². The molecule has 0 saturated carbocycles. The first-order valence-corrected chi connectivity index (χ1v) is 23.3. The van der Waals surface area contributed by atoms with E-state index in [4.69, 9.17) is 39.1 Å². The van der Waals surface area contributed by atoms with E-state index in [1.165, 1.54) is 12.4 Å². The summed E-state index contributed by atoms with van der Waals surface area (Å²) in [4.78, 5) is 39.7. The van der Waals surface area contributed by atoms with E-state index in [0.717, 1.165) is 33.4 Å². The van der Waals surface area contributed by atoms with E-state index < -0.39 is 37.0 Å². The number of halogens is 2. The van der Waals surface area contributed by atoms with Gasteiger partial charge in [-0.1, -0.05) is 36.4 Å². The summed E-state index contributed by atoms with van der Waals surface area (Å²) in [5.74, 6) is -1.26. The fourth-order valence-corrected chi connectivity index (χ4v) is 8.06. The molecule has 20 heteroatoms. The van der Waals surface area contributed by atoms with Crippen LogP contribution < -0.4 is 29.6 Å². The van der Waals surface area contributed by atoms with Crippen molar-refractivity contribution >= 4 is 43.8 Å². The third kappa shape index (κ3) is 15.0. The molecule has 0 aliphatic rings. The van der Waals surface area contributed by atoms with Crippen molar-refractivity contribution in [2.45, 2.75) is 78.4 Å². The van der Waals surface area contributed by atoms with Crippen LogP contribution in [0.3, 0.4) is 0 Å². The molecule has 6 aromatic rings. The Hall–Kier alpha value is -7.04. The van der Waals surface area contributed by atoms with Gasteiger partial charge in [0.05, 0.1) is 45.1 Å². The number of hydrogen-bond acceptors (Lipinski definition) is 16. The van der Waals surface area contributed by atoms with Crippen molar-refractivity contribution in [2.24, 2.45) is 0 Å². The van der Waals surface area contributed by atoms with Crippen LogP contribution in [0, 0.1) is 36.5 Å². The van der Waals surface area contributed by atoms with Gasteiger partial charge in [-0.05, 0) is 103 Å². The summed E-state index contributed by atoms with van der Waals surface area (Å²) in [6.45, 7) is 4.86. The number of pyridine rings is 4. The smallest absolute Gasteiger partial charge is 0.306 e. The lowest BCUT2D eigenvalue weighted by molar-refractivity contribution is -0.140. The van der Waals surface area contributed by atoms with E-state index in [0.29, 0.717) is 42.3 Å². The quantitative estimate of drug-likeness (QED) is 0.0337. The first-order valence-electron chi connectivity index (χ1n) is 21.7. The Balaban J connectivity index is 1.18. The monoisotopic (exact) mass is 1080 g/mol. The molecule has 0 saturated heterocycles. The molecule has 1 unspecified atom stereocenters. The van der Waals surface area contributed by atoms with Gasteiger partial charge in [-0.15, -0.1) is 0 Å². The van der Waals surface area contributed by atoms with Crippen molar-refractivity contribution in [1.82, 2.24) is 30.6 Å². The van der Waals surface area contributed by atoms with Gasteiger partial charge in [0.2, 0.25) is 23.5 Å². The number of nitrogens with one attached hydrogen (secondary N) is 2. The van der Waals surface area contributed by atoms with Crippen LogP contribution in [0.25, 0.3) is 11.1 Å². The third-order valence-electron chi connectivity index (χ3n) is 10.7. The molecule has 4 heterocycles. The average molecular weight is 1080 g/mol. The summed E-state index contributed by atoms with van der Waals surface area (Å²) in [6, 6.07) is 22.9. The molecule has 0 fully saturated rings. The highest BCUT2D eigenvalue weighted by atomic mass is 79.9. The Kier molecular flexibility index (Phi) is 19.1. The van der Waals surface area contributed by atoms with Crippen LogP contribution in [-0.2, 0) is 49.1 Å². The Morgan fingerprint density at radius 1 is 0.600 bits per heavy atom. The highest BCUT2D eigenvalue weighted by Gasteiger charge is 2.19. The van der Waals surface area contributed by atoms with Crippen molar-refractivity contribution in [3.8, 4) is 46.8 Å². The summed E-state index contributed by atoms with van der Waals surface area (Å²) in [6.07, 6.45) is 3.06. The van der Waals surface area contributed by atoms with E-state index in [9.17, 15) is 30.3 Å². The molecule has 0 amide bonds. The fraction of sp³-hybridized carbons (Fsp3) is 0.280. The standard InChI is InChI=1S/C50H48Br2N8O10/c1-29-35(27-69-49-43(51)11-37(21-57-23-39(61)13-45(63)64)47(59-49)67-25-33-9-31(15-53)17-55-19-33)5-3-7-41(29)42-8-4-6-36(30(42)2)28-70-50-44(52)12-38(22-58-24-40(62)14-46(65)66)48(60-50)68-26-34-10-32(16-54)18-56-20-34/h3-12,17-20,39-40,57-58,61-62H,13-14,21-28H2,1-2H3,(H,63,64)(H,65,66)/t39-,40?/m1/s1. The maximum atomic E-state index is 11.1. The van der Waals surface area contributed by atoms with Crippen molar-refractivity contribution < 1.29 is 49.0 Å². The highest BCUT2D eigenvalue weighted by Crippen LogP contribution is 2.35. The third-order valence-corrected chi connectivity index (χ3v) is 11.8. The zero-order valence-electron chi connectivity index (χ0n) is 38.0. The maximum absolute atomic E-state index is 11.1. The zero-order valence-corrected chi connectivity index (χ0v) is 41.2. The molecule has 4 aromatic heterocycles. The highest BCUT2D eigenvalue weighted by molar-refractivity contribution is 9.10. The average Bonchev–Trinajstić information content (AvgIpc) is 3.33. The number of carboxylic acids is 2. The van der Waals surface area contributed by atoms with Crippen LogP contribution in [0.15, 0.2) is 94.4 Å². The van der Waals surface area contributed by atoms with Crippen LogP contribution in [0.1, 0.15) is 68.5 Å². The first kappa shape index (κ1) is 52.3. The largest absolute Gasteiger partial charge is 0.481 e. The number of aliphatic carboxylic acids is 2. The molecule has 362 valence electrons. The molecule has 0 bridgehead atoms. The number of rotatable bonds is 25. The summed E-state index contributed by atoms with van der Waals surface area (Å²) in [7, 11) is 0. The van der Waals surface area contributed by atoms with Gasteiger partial charge < -0.3 is 50.0 Å². The van der Waals surface area contributed by atoms with E-state index in [-0.39, 0.29) is 76.1 Å². The lowest BCUT2D eigenvalue weighted by atomic mass is 9.92. The predicted molar refractivity (Wildman–Crippen MR) is 260 cm³/mol. The number of nitriles is 2. The number of nitrogens with zero attached hydrogens (tertiary/aromatic N) is 6. The molecule has 0 aliphatic carbocycles. The topological polar surface area (TPSA) is 275 Å². The van der Waals surface area contributed by atoms with Crippen LogP contribution in [0.2, 0.25) is 0 Å². The number of carbonyl (C=O) groups is 2. The van der Waals surface area contributed by atoms with Crippen molar-refractivity contribution in [2.75, 3.05) is 13.1 Å². The van der Waals surface area contributed by atoms with Crippen LogP contribution in [0.5, 0.6) is 23.5 Å². The van der Waals surface area contributed by atoms with Crippen molar-refractivity contribution in [3.63, 3.8) is 0 Å². The Labute approximate surface area is 420 Å². The van der Waals surface area contributed by atoms with Gasteiger partial charge in [0.25, 0.3) is 0 Å². The second kappa shape index (κ2) is 25.5. The van der Waals surface area contributed by atoms with Crippen molar-refractivity contribution in [1.29, 1.82) is 10.5 Å². The molecule has 2 aromatic carbocycles. The lowest BCUT2D eigenvalue weighted by Gasteiger charge is -2.18. The molecule has 6 N–H and O–H groups in total. The minimum absolute atomic E-state index is 0.0210. The zero-order chi connectivity index (χ0) is 50.2. The first-order chi connectivity index (χ1) is 33.7. The molecule has 0 aliphatic heterocycles. The number of hydrogen-bond donors (Lipinski definition) is 6. The fourth-order valence-electron chi connectivity index (χ4n) is 7.10. The summed E-state index contributed by atoms with van der Waals surface area (Å²) >= 11 is 7.17. The molecule has 2 atom stereocenters. The van der Waals surface area contributed by atoms with Gasteiger partial charge in [-0.25, -0.2) is 0 Å². The number of aliphatic hydroxyl groups excluding tert-OH is 2. The molecular weight excluding hydrogens is 1030 g/mol. The number of aliphatic hydroxyl groups is 2. The predicted octanol–water partition coefficient (Wildman–Crippen LogP) is 6.99. The minimum Gasteiger partial charge on any atom is -0.481 e. The molecule has 70 heavy (non-hydrogen) atoms. The van der Waals surface area contributed by atoms with Gasteiger partial charge >= 0.3 is 11.9 Å². The molecule has 0 radical (unpaired) electrons. The number of aromatic nitrogens is 4. The summed E-state index contributed by atoms with van der Waals surface area (Å²) in [5.41, 5.74) is 8.96. The molecule has 0 spiro atoms. The summed E-state index contributed by atoms with van der Waals surface area (Å²) in [5, 5.41) is 63.1. The van der Waals surface area contributed by atoms with E-state index in [1.54, 1.807) is 36.7 Å². The molecule has 18 nitrogen and oxygen atoms in total. The minimum atomic E-state index is -1.11. The van der Waals surface area contributed by atoms with E-state index in [1.807, 2.05) is 50.2 Å². The van der Waals surface area contributed by atoms with Gasteiger partial charge in [0.1, 0.15) is 38.6 Å². The Bertz CT molecular complexity index is 2720. The molecular formula is C50H48Br2N8O10. The Morgan fingerprint density at radius 2 is 1.00 bits per heavy atom. The number of benzene rings is 2. The lowest BCUT2D eigenvalue weighted by Crippen LogP contribution is -2.28. The maximum Gasteiger partial charge on any atom is 0.306 e. The normalized spacial score (nSPS) is 11.8. The van der Waals surface area contributed by atoms with E-state index in [2.05, 4.69) is 64.6 Å². The molecule has 6 rings (SSSR count). The number of carboxylic acid groups (broad SMARTS) is 2. The van der Waals surface area contributed by atoms with Gasteiger partial charge in [0, 0.05) is 73.2 Å². The second-order valence-electron chi connectivity index (χ2n) is 16.0. The van der Waals surface area contributed by atoms with E-state index >= 15 is 0 Å². The summed E-state index contributed by atoms with van der Waals surface area (Å²) < 4.78 is 26.0. The van der Waals surface area contributed by atoms with Crippen LogP contribution >= 0.6 is 31.9 Å². The second-order valence-corrected chi connectivity index (χ2v) is 17.7. The van der Waals surface area contributed by atoms with Crippen LogP contribution in [0.4, 0.5) is 0 Å². The van der Waals surface area contributed by atoms with Crippen molar-refractivity contribution in [3.05, 3.63) is 150 Å². The van der Waals surface area contributed by atoms with Gasteiger partial charge in [0.15, 0.2) is 0 Å². The SMILES string of the molecule is Cc1c(COc2nc(OCc3cncc(C#N)c3)c(CNCC(O)CC(=O)O)cc2Br)cccc1-c1cccc(COc2nc(OCc3cncc(C#N)c3)c(CNC[C@H](O)CC(=O)O)cc2Br)c1C. The van der Waals surface area contributed by atoms with Gasteiger partial charge in [-0.2, -0.15) is 20.5 Å². The Morgan fingerprint density at radius 3 is 1.39 bits per heavy atom.